The summed E-state index contributed by atoms with van der Waals surface area (Å²) < 4.78 is 26.3. The normalized spacial score (nSPS) is 19.8. The number of nitrogens with zero attached hydrogens (tertiary/aromatic N) is 2. The lowest BCUT2D eigenvalue weighted by Crippen LogP contribution is -2.47. The molecule has 0 radical (unpaired) electrons. The quantitative estimate of drug-likeness (QED) is 0.756. The van der Waals surface area contributed by atoms with E-state index >= 15 is 0 Å². The molecule has 118 valence electrons. The van der Waals surface area contributed by atoms with E-state index in [1.165, 1.54) is 16.1 Å². The molecular weight excluding hydrogens is 278 g/mol. The Hall–Kier alpha value is -0.660. The molecule has 1 N–H and O–H groups in total. The maximum Gasteiger partial charge on any atom is 0.241 e. The van der Waals surface area contributed by atoms with Crippen LogP contribution in [0.5, 0.6) is 0 Å². The molecule has 0 saturated carbocycles. The van der Waals surface area contributed by atoms with Gasteiger partial charge in [0.25, 0.3) is 0 Å². The van der Waals surface area contributed by atoms with Crippen LogP contribution in [0.2, 0.25) is 0 Å². The minimum Gasteiger partial charge on any atom is -0.348 e. The minimum atomic E-state index is -3.52. The van der Waals surface area contributed by atoms with Gasteiger partial charge < -0.3 is 10.2 Å². The van der Waals surface area contributed by atoms with Crippen molar-refractivity contribution in [2.75, 3.05) is 40.8 Å². The average Bonchev–Trinajstić information content (AvgIpc) is 2.43. The fourth-order valence-corrected chi connectivity index (χ4v) is 4.15. The summed E-state index contributed by atoms with van der Waals surface area (Å²) in [6.45, 7) is 3.50. The van der Waals surface area contributed by atoms with E-state index in [-0.39, 0.29) is 5.91 Å². The molecular formula is C13H27N3O3S. The van der Waals surface area contributed by atoms with E-state index in [4.69, 9.17) is 0 Å². The molecule has 0 bridgehead atoms. The van der Waals surface area contributed by atoms with E-state index in [9.17, 15) is 13.2 Å². The molecule has 1 saturated heterocycles. The van der Waals surface area contributed by atoms with Gasteiger partial charge in [-0.2, -0.15) is 0 Å². The second-order valence-corrected chi connectivity index (χ2v) is 7.91. The van der Waals surface area contributed by atoms with Gasteiger partial charge in [0.2, 0.25) is 15.9 Å². The summed E-state index contributed by atoms with van der Waals surface area (Å²) in [7, 11) is 1.56. The van der Waals surface area contributed by atoms with Gasteiger partial charge in [-0.1, -0.05) is 0 Å². The number of amides is 1. The van der Waals surface area contributed by atoms with Crippen molar-refractivity contribution in [3.63, 3.8) is 0 Å². The van der Waals surface area contributed by atoms with Crippen LogP contribution in [0.25, 0.3) is 0 Å². The first-order valence-electron chi connectivity index (χ1n) is 7.15. The van der Waals surface area contributed by atoms with Gasteiger partial charge in [0.05, 0.1) is 0 Å². The van der Waals surface area contributed by atoms with Crippen LogP contribution in [-0.4, -0.2) is 69.6 Å². The minimum absolute atomic E-state index is 0.359. The Morgan fingerprint density at radius 1 is 1.35 bits per heavy atom. The summed E-state index contributed by atoms with van der Waals surface area (Å²) in [5, 5.41) is 2.13. The summed E-state index contributed by atoms with van der Waals surface area (Å²) in [5.74, 6) is 0.219. The number of rotatable bonds is 6. The van der Waals surface area contributed by atoms with Gasteiger partial charge in [-0.05, 0) is 45.7 Å². The number of hydrogen-bond donors (Lipinski definition) is 1. The highest BCUT2D eigenvalue weighted by atomic mass is 32.2. The predicted molar refractivity (Wildman–Crippen MR) is 79.9 cm³/mol. The van der Waals surface area contributed by atoms with Crippen LogP contribution in [0.3, 0.4) is 0 Å². The van der Waals surface area contributed by atoms with E-state index in [0.717, 1.165) is 25.8 Å². The molecule has 1 unspecified atom stereocenters. The third-order valence-electron chi connectivity index (χ3n) is 3.97. The van der Waals surface area contributed by atoms with Crippen LogP contribution >= 0.6 is 0 Å². The lowest BCUT2D eigenvalue weighted by Gasteiger charge is -2.33. The number of hydrogen-bond acceptors (Lipinski definition) is 4. The predicted octanol–water partition coefficient (Wildman–Crippen LogP) is 0.114. The Morgan fingerprint density at radius 2 is 1.90 bits per heavy atom. The lowest BCUT2D eigenvalue weighted by atomic mass is 9.95. The molecule has 0 spiro atoms. The second kappa shape index (κ2) is 7.38. The molecule has 7 heteroatoms. The second-order valence-electron chi connectivity index (χ2n) is 5.65. The third-order valence-corrected chi connectivity index (χ3v) is 6.15. The first kappa shape index (κ1) is 17.4. The topological polar surface area (TPSA) is 69.7 Å². The molecule has 20 heavy (non-hydrogen) atoms. The Kier molecular flexibility index (Phi) is 6.42. The van der Waals surface area contributed by atoms with Gasteiger partial charge in [0, 0.05) is 27.2 Å². The van der Waals surface area contributed by atoms with Crippen molar-refractivity contribution in [1.29, 1.82) is 0 Å². The Bertz CT molecular complexity index is 415. The summed E-state index contributed by atoms with van der Waals surface area (Å²) in [5.41, 5.74) is 0. The highest BCUT2D eigenvalue weighted by molar-refractivity contribution is 7.90. The Morgan fingerprint density at radius 3 is 2.35 bits per heavy atom. The van der Waals surface area contributed by atoms with Gasteiger partial charge in [0.1, 0.15) is 0 Å². The van der Waals surface area contributed by atoms with Crippen molar-refractivity contribution in [1.82, 2.24) is 14.5 Å². The molecule has 0 aromatic heterocycles. The van der Waals surface area contributed by atoms with Crippen molar-refractivity contribution in [2.24, 2.45) is 5.92 Å². The zero-order valence-corrected chi connectivity index (χ0v) is 13.7. The maximum absolute atomic E-state index is 12.4. The van der Waals surface area contributed by atoms with E-state index in [0.29, 0.717) is 19.0 Å². The largest absolute Gasteiger partial charge is 0.348 e. The Labute approximate surface area is 122 Å². The molecule has 0 aromatic carbocycles. The number of sulfonamides is 1. The molecule has 1 fully saturated rings. The van der Waals surface area contributed by atoms with Crippen LogP contribution in [0.4, 0.5) is 0 Å². The molecule has 1 atom stereocenters. The summed E-state index contributed by atoms with van der Waals surface area (Å²) in [6, 6.07) is 0. The molecule has 1 heterocycles. The number of carbonyl (C=O) groups excluding carboxylic acids is 1. The fraction of sp³-hybridized carbons (Fsp3) is 0.923. The van der Waals surface area contributed by atoms with Crippen molar-refractivity contribution in [3.05, 3.63) is 0 Å². The van der Waals surface area contributed by atoms with E-state index in [1.807, 2.05) is 7.05 Å². The first-order valence-corrected chi connectivity index (χ1v) is 8.65. The van der Waals surface area contributed by atoms with Gasteiger partial charge in [-0.15, -0.1) is 0 Å². The Balaban J connectivity index is 2.61. The van der Waals surface area contributed by atoms with Crippen LogP contribution < -0.4 is 5.32 Å². The molecule has 1 aliphatic rings. The SMILES string of the molecule is CNCCC1CCN(S(=O)(=O)C(C)C(=O)N(C)C)CC1. The number of nitrogens with one attached hydrogen (secondary N) is 1. The smallest absolute Gasteiger partial charge is 0.241 e. The van der Waals surface area contributed by atoms with Gasteiger partial charge in [-0.25, -0.2) is 12.7 Å². The summed E-state index contributed by atoms with van der Waals surface area (Å²) in [4.78, 5) is 13.2. The van der Waals surface area contributed by atoms with Crippen molar-refractivity contribution in [3.8, 4) is 0 Å². The van der Waals surface area contributed by atoms with Gasteiger partial charge >= 0.3 is 0 Å². The summed E-state index contributed by atoms with van der Waals surface area (Å²) in [6.07, 6.45) is 2.84. The first-order chi connectivity index (χ1) is 9.30. The van der Waals surface area contributed by atoms with Gasteiger partial charge in [-0.3, -0.25) is 4.79 Å². The third kappa shape index (κ3) is 4.17. The van der Waals surface area contributed by atoms with Crippen molar-refractivity contribution < 1.29 is 13.2 Å². The van der Waals surface area contributed by atoms with E-state index < -0.39 is 15.3 Å². The molecule has 6 nitrogen and oxygen atoms in total. The van der Waals surface area contributed by atoms with Crippen molar-refractivity contribution in [2.45, 2.75) is 31.4 Å². The highest BCUT2D eigenvalue weighted by Crippen LogP contribution is 2.24. The van der Waals surface area contributed by atoms with Crippen LogP contribution in [-0.2, 0) is 14.8 Å². The maximum atomic E-state index is 12.4. The molecule has 0 aromatic rings. The van der Waals surface area contributed by atoms with Crippen LogP contribution in [0, 0.1) is 5.92 Å². The fourth-order valence-electron chi connectivity index (χ4n) is 2.52. The summed E-state index contributed by atoms with van der Waals surface area (Å²) >= 11 is 0. The van der Waals surface area contributed by atoms with Crippen molar-refractivity contribution >= 4 is 15.9 Å². The molecule has 1 aliphatic heterocycles. The van der Waals surface area contributed by atoms with Gasteiger partial charge in [0.15, 0.2) is 5.25 Å². The number of carbonyl (C=O) groups is 1. The monoisotopic (exact) mass is 305 g/mol. The molecule has 0 aliphatic carbocycles. The number of piperidine rings is 1. The van der Waals surface area contributed by atoms with E-state index in [2.05, 4.69) is 5.32 Å². The highest BCUT2D eigenvalue weighted by Gasteiger charge is 2.36. The standard InChI is InChI=1S/C13H27N3O3S/c1-11(13(17)15(3)4)20(18,19)16-9-6-12(7-10-16)5-8-14-2/h11-12,14H,5-10H2,1-4H3. The molecule has 1 amide bonds. The molecule has 1 rings (SSSR count). The zero-order chi connectivity index (χ0) is 15.3. The zero-order valence-electron chi connectivity index (χ0n) is 12.9. The van der Waals surface area contributed by atoms with Crippen LogP contribution in [0.1, 0.15) is 26.2 Å². The lowest BCUT2D eigenvalue weighted by molar-refractivity contribution is -0.128. The average molecular weight is 305 g/mol. The van der Waals surface area contributed by atoms with E-state index in [1.54, 1.807) is 14.1 Å². The van der Waals surface area contributed by atoms with Crippen LogP contribution in [0.15, 0.2) is 0 Å².